The number of nitrogens with one attached hydrogen (secondary N) is 3. The zero-order valence-electron chi connectivity index (χ0n) is 16.4. The molecule has 1 amide bonds. The van der Waals surface area contributed by atoms with E-state index in [4.69, 9.17) is 4.74 Å². The molecule has 1 saturated heterocycles. The summed E-state index contributed by atoms with van der Waals surface area (Å²) in [7, 11) is 1.63. The predicted octanol–water partition coefficient (Wildman–Crippen LogP) is 1.69. The molecule has 0 bridgehead atoms. The number of alkyl halides is 3. The van der Waals surface area contributed by atoms with Crippen molar-refractivity contribution < 1.29 is 22.7 Å². The third-order valence-electron chi connectivity index (χ3n) is 4.23. The molecule has 29 heavy (non-hydrogen) atoms. The second-order valence-electron chi connectivity index (χ2n) is 6.29. The zero-order valence-corrected chi connectivity index (χ0v) is 16.4. The molecule has 12 heteroatoms. The molecule has 2 rings (SSSR count). The highest BCUT2D eigenvalue weighted by Crippen LogP contribution is 2.27. The number of aromatic nitrogens is 2. The first-order chi connectivity index (χ1) is 13.8. The summed E-state index contributed by atoms with van der Waals surface area (Å²) in [6, 6.07) is 0.981. The van der Waals surface area contributed by atoms with Crippen molar-refractivity contribution in [3.63, 3.8) is 0 Å². The first-order valence-electron chi connectivity index (χ1n) is 9.36. The van der Waals surface area contributed by atoms with E-state index in [2.05, 4.69) is 30.9 Å². The molecular formula is C17H26F3N7O2. The summed E-state index contributed by atoms with van der Waals surface area (Å²) in [6.45, 7) is 4.04. The average Bonchev–Trinajstić information content (AvgIpc) is 2.70. The van der Waals surface area contributed by atoms with Crippen LogP contribution in [-0.2, 0) is 10.9 Å². The summed E-state index contributed by atoms with van der Waals surface area (Å²) in [6.07, 6.45) is -2.22. The number of anilines is 1. The van der Waals surface area contributed by atoms with Crippen LogP contribution in [0.15, 0.2) is 17.3 Å². The lowest BCUT2D eigenvalue weighted by Crippen LogP contribution is -2.50. The van der Waals surface area contributed by atoms with Crippen molar-refractivity contribution in [2.24, 2.45) is 4.99 Å². The summed E-state index contributed by atoms with van der Waals surface area (Å²) in [5, 5.41) is 9.10. The van der Waals surface area contributed by atoms with E-state index in [0.717, 1.165) is 25.1 Å². The summed E-state index contributed by atoms with van der Waals surface area (Å²) in [5.74, 6) is 0.488. The van der Waals surface area contributed by atoms with Crippen LogP contribution in [0.5, 0.6) is 0 Å². The Morgan fingerprint density at radius 3 is 2.69 bits per heavy atom. The fourth-order valence-corrected chi connectivity index (χ4v) is 2.77. The number of carbonyl (C=O) groups is 1. The Morgan fingerprint density at radius 1 is 1.34 bits per heavy atom. The van der Waals surface area contributed by atoms with Crippen molar-refractivity contribution in [1.82, 2.24) is 25.5 Å². The van der Waals surface area contributed by atoms with Crippen LogP contribution >= 0.6 is 0 Å². The molecule has 1 fully saturated rings. The van der Waals surface area contributed by atoms with Gasteiger partial charge in [0, 0.05) is 45.5 Å². The molecule has 0 unspecified atom stereocenters. The number of carbonyl (C=O) groups excluding carboxylic acids is 1. The van der Waals surface area contributed by atoms with Crippen molar-refractivity contribution in [2.75, 3.05) is 45.2 Å². The lowest BCUT2D eigenvalue weighted by atomic mass is 10.1. The first kappa shape index (κ1) is 22.5. The van der Waals surface area contributed by atoms with Crippen LogP contribution < -0.4 is 16.0 Å². The number of guanidine groups is 1. The highest BCUT2D eigenvalue weighted by molar-refractivity contribution is 5.80. The number of hydrogen-bond donors (Lipinski definition) is 3. The maximum absolute atomic E-state index is 12.7. The Kier molecular flexibility index (Phi) is 8.28. The Labute approximate surface area is 167 Å². The van der Waals surface area contributed by atoms with Crippen LogP contribution in [0.25, 0.3) is 0 Å². The number of ether oxygens (including phenoxy) is 1. The average molecular weight is 417 g/mol. The molecule has 1 aliphatic rings. The lowest BCUT2D eigenvalue weighted by Gasteiger charge is -2.32. The standard InChI is InChI=1S/C17H26F3N7O2/c1-3-29-16(28)27-10-5-12(6-11-27)25-14(21-2)23-8-9-24-15-22-7-4-13(26-15)17(18,19)20/h4,7,12H,3,5-6,8-11H2,1-2H3,(H2,21,23,25)(H,22,24,26). The van der Waals surface area contributed by atoms with Crippen LogP contribution in [0.4, 0.5) is 23.9 Å². The second-order valence-corrected chi connectivity index (χ2v) is 6.29. The molecule has 162 valence electrons. The molecule has 0 aromatic carbocycles. The summed E-state index contributed by atoms with van der Waals surface area (Å²) >= 11 is 0. The number of likely N-dealkylation sites (tertiary alicyclic amines) is 1. The molecule has 1 aromatic rings. The molecule has 0 spiro atoms. The van der Waals surface area contributed by atoms with Gasteiger partial charge in [0.2, 0.25) is 5.95 Å². The fraction of sp³-hybridized carbons (Fsp3) is 0.647. The Balaban J connectivity index is 1.70. The molecule has 1 aromatic heterocycles. The summed E-state index contributed by atoms with van der Waals surface area (Å²) < 4.78 is 43.0. The molecule has 0 atom stereocenters. The monoisotopic (exact) mass is 417 g/mol. The minimum atomic E-state index is -4.51. The predicted molar refractivity (Wildman–Crippen MR) is 102 cm³/mol. The van der Waals surface area contributed by atoms with Crippen molar-refractivity contribution in [3.8, 4) is 0 Å². The van der Waals surface area contributed by atoms with Crippen LogP contribution in [0.2, 0.25) is 0 Å². The number of rotatable bonds is 6. The maximum atomic E-state index is 12.7. The number of nitrogens with zero attached hydrogens (tertiary/aromatic N) is 4. The summed E-state index contributed by atoms with van der Waals surface area (Å²) in [5.41, 5.74) is -0.991. The lowest BCUT2D eigenvalue weighted by molar-refractivity contribution is -0.141. The second kappa shape index (κ2) is 10.7. The molecule has 2 heterocycles. The number of aliphatic imine (C=N–C) groups is 1. The normalized spacial score (nSPS) is 15.8. The van der Waals surface area contributed by atoms with Gasteiger partial charge in [-0.1, -0.05) is 0 Å². The summed E-state index contributed by atoms with van der Waals surface area (Å²) in [4.78, 5) is 24.8. The third-order valence-corrected chi connectivity index (χ3v) is 4.23. The van der Waals surface area contributed by atoms with Crippen molar-refractivity contribution in [3.05, 3.63) is 18.0 Å². The van der Waals surface area contributed by atoms with Crippen LogP contribution in [0, 0.1) is 0 Å². The number of piperidine rings is 1. The topological polar surface area (TPSA) is 104 Å². The van der Waals surface area contributed by atoms with Gasteiger partial charge in [0.15, 0.2) is 5.96 Å². The van der Waals surface area contributed by atoms with Crippen molar-refractivity contribution >= 4 is 18.0 Å². The highest BCUT2D eigenvalue weighted by Gasteiger charge is 2.32. The van der Waals surface area contributed by atoms with Gasteiger partial charge in [-0.3, -0.25) is 4.99 Å². The quantitative estimate of drug-likeness (QED) is 0.368. The van der Waals surface area contributed by atoms with E-state index in [1.165, 1.54) is 0 Å². The third kappa shape index (κ3) is 7.27. The Morgan fingerprint density at radius 2 is 2.07 bits per heavy atom. The van der Waals surface area contributed by atoms with Crippen molar-refractivity contribution in [1.29, 1.82) is 0 Å². The van der Waals surface area contributed by atoms with Crippen molar-refractivity contribution in [2.45, 2.75) is 32.0 Å². The highest BCUT2D eigenvalue weighted by atomic mass is 19.4. The van der Waals surface area contributed by atoms with E-state index in [0.29, 0.717) is 38.7 Å². The minimum absolute atomic E-state index is 0.0871. The van der Waals surface area contributed by atoms with Gasteiger partial charge in [-0.15, -0.1) is 0 Å². The van der Waals surface area contributed by atoms with E-state index in [1.54, 1.807) is 18.9 Å². The van der Waals surface area contributed by atoms with Gasteiger partial charge in [-0.25, -0.2) is 14.8 Å². The van der Waals surface area contributed by atoms with Gasteiger partial charge in [0.1, 0.15) is 5.69 Å². The number of hydrogen-bond acceptors (Lipinski definition) is 6. The van der Waals surface area contributed by atoms with E-state index in [1.807, 2.05) is 0 Å². The van der Waals surface area contributed by atoms with Gasteiger partial charge in [0.25, 0.3) is 0 Å². The molecule has 0 radical (unpaired) electrons. The Hall–Kier alpha value is -2.79. The smallest absolute Gasteiger partial charge is 0.433 e. The first-order valence-corrected chi connectivity index (χ1v) is 9.36. The Bertz CT molecular complexity index is 692. The van der Waals surface area contributed by atoms with Crippen LogP contribution in [0.3, 0.4) is 0 Å². The molecule has 9 nitrogen and oxygen atoms in total. The van der Waals surface area contributed by atoms with Gasteiger partial charge in [-0.2, -0.15) is 13.2 Å². The SMILES string of the molecule is CCOC(=O)N1CCC(NC(=NC)NCCNc2nccc(C(F)(F)F)n2)CC1. The molecule has 3 N–H and O–H groups in total. The number of halogens is 3. The van der Waals surface area contributed by atoms with Gasteiger partial charge in [0.05, 0.1) is 6.61 Å². The molecule has 0 aliphatic carbocycles. The fourth-order valence-electron chi connectivity index (χ4n) is 2.77. The maximum Gasteiger partial charge on any atom is 0.433 e. The van der Waals surface area contributed by atoms with E-state index >= 15 is 0 Å². The largest absolute Gasteiger partial charge is 0.450 e. The van der Waals surface area contributed by atoms with Crippen LogP contribution in [-0.4, -0.2) is 72.8 Å². The minimum Gasteiger partial charge on any atom is -0.450 e. The van der Waals surface area contributed by atoms with E-state index in [9.17, 15) is 18.0 Å². The molecular weight excluding hydrogens is 391 g/mol. The van der Waals surface area contributed by atoms with Gasteiger partial charge >= 0.3 is 12.3 Å². The van der Waals surface area contributed by atoms with Gasteiger partial charge < -0.3 is 25.6 Å². The zero-order chi connectivity index (χ0) is 21.3. The molecule has 0 saturated carbocycles. The number of amides is 1. The molecule has 1 aliphatic heterocycles. The van der Waals surface area contributed by atoms with E-state index in [-0.39, 0.29) is 18.1 Å². The van der Waals surface area contributed by atoms with Crippen LogP contribution in [0.1, 0.15) is 25.5 Å². The van der Waals surface area contributed by atoms with E-state index < -0.39 is 11.9 Å². The van der Waals surface area contributed by atoms with Gasteiger partial charge in [-0.05, 0) is 25.8 Å².